The average molecular weight is 239 g/mol. The Balaban J connectivity index is 2.43. The van der Waals surface area contributed by atoms with E-state index in [-0.39, 0.29) is 0 Å². The number of rotatable bonds is 6. The van der Waals surface area contributed by atoms with E-state index in [1.54, 1.807) is 4.88 Å². The van der Waals surface area contributed by atoms with Gasteiger partial charge in [0.2, 0.25) is 0 Å². The molecular formula is C14H25NS. The van der Waals surface area contributed by atoms with Crippen LogP contribution in [-0.2, 0) is 5.41 Å². The molecule has 0 unspecified atom stereocenters. The fourth-order valence-electron chi connectivity index (χ4n) is 1.97. The first-order valence-corrected chi connectivity index (χ1v) is 7.07. The summed E-state index contributed by atoms with van der Waals surface area (Å²) in [5.41, 5.74) is 1.75. The first kappa shape index (κ1) is 13.7. The number of hydrogen-bond acceptors (Lipinski definition) is 2. The van der Waals surface area contributed by atoms with Gasteiger partial charge in [-0.25, -0.2) is 0 Å². The Hall–Kier alpha value is -0.340. The van der Waals surface area contributed by atoms with Crippen molar-refractivity contribution in [3.05, 3.63) is 21.9 Å². The van der Waals surface area contributed by atoms with Gasteiger partial charge in [0.1, 0.15) is 0 Å². The molecule has 1 aromatic heterocycles. The van der Waals surface area contributed by atoms with Crippen LogP contribution in [0.2, 0.25) is 0 Å². The molecule has 0 aromatic carbocycles. The molecule has 0 saturated heterocycles. The summed E-state index contributed by atoms with van der Waals surface area (Å²) >= 11 is 1.89. The maximum Gasteiger partial charge on any atom is 0.0131 e. The monoisotopic (exact) mass is 239 g/mol. The van der Waals surface area contributed by atoms with Crippen molar-refractivity contribution in [2.24, 2.45) is 5.92 Å². The predicted octanol–water partition coefficient (Wildman–Crippen LogP) is 3.97. The van der Waals surface area contributed by atoms with Crippen LogP contribution >= 0.6 is 11.3 Å². The van der Waals surface area contributed by atoms with Crippen LogP contribution in [0.15, 0.2) is 11.4 Å². The smallest absolute Gasteiger partial charge is 0.0131 e. The lowest BCUT2D eigenvalue weighted by Crippen LogP contribution is -2.27. The molecule has 0 aliphatic heterocycles. The Morgan fingerprint density at radius 3 is 2.56 bits per heavy atom. The van der Waals surface area contributed by atoms with E-state index in [9.17, 15) is 0 Å². The Morgan fingerprint density at radius 2 is 2.06 bits per heavy atom. The summed E-state index contributed by atoms with van der Waals surface area (Å²) in [5.74, 6) is 0.742. The predicted molar refractivity (Wildman–Crippen MR) is 74.4 cm³/mol. The molecule has 0 spiro atoms. The molecule has 0 fully saturated rings. The van der Waals surface area contributed by atoms with E-state index in [0.717, 1.165) is 19.0 Å². The minimum atomic E-state index is 0.308. The van der Waals surface area contributed by atoms with Crippen molar-refractivity contribution in [1.82, 2.24) is 5.32 Å². The maximum absolute atomic E-state index is 3.53. The molecule has 0 aliphatic carbocycles. The summed E-state index contributed by atoms with van der Waals surface area (Å²) in [5, 5.41) is 5.73. The molecule has 1 nitrogen and oxygen atoms in total. The molecule has 0 atom stereocenters. The van der Waals surface area contributed by atoms with Gasteiger partial charge in [0.05, 0.1) is 0 Å². The molecule has 1 aromatic rings. The van der Waals surface area contributed by atoms with Crippen LogP contribution in [0.5, 0.6) is 0 Å². The van der Waals surface area contributed by atoms with E-state index < -0.39 is 0 Å². The second-order valence-electron chi connectivity index (χ2n) is 5.66. The molecule has 1 N–H and O–H groups in total. The van der Waals surface area contributed by atoms with Crippen LogP contribution in [0, 0.1) is 12.8 Å². The molecule has 0 aliphatic rings. The maximum atomic E-state index is 3.53. The summed E-state index contributed by atoms with van der Waals surface area (Å²) in [6.07, 6.45) is 1.21. The third-order valence-corrected chi connectivity index (χ3v) is 4.34. The van der Waals surface area contributed by atoms with Crippen LogP contribution in [-0.4, -0.2) is 13.1 Å². The summed E-state index contributed by atoms with van der Waals surface area (Å²) in [6.45, 7) is 13.7. The van der Waals surface area contributed by atoms with Crippen molar-refractivity contribution < 1.29 is 0 Å². The number of hydrogen-bond donors (Lipinski definition) is 1. The quantitative estimate of drug-likeness (QED) is 0.741. The van der Waals surface area contributed by atoms with Crippen molar-refractivity contribution in [3.63, 3.8) is 0 Å². The zero-order valence-electron chi connectivity index (χ0n) is 11.3. The molecule has 1 heterocycles. The highest BCUT2D eigenvalue weighted by Gasteiger charge is 2.23. The zero-order valence-corrected chi connectivity index (χ0v) is 12.1. The number of aryl methyl sites for hydroxylation is 1. The molecule has 0 radical (unpaired) electrons. The molecule has 0 saturated carbocycles. The molecular weight excluding hydrogens is 214 g/mol. The first-order chi connectivity index (χ1) is 7.43. The molecule has 0 amide bonds. The first-order valence-electron chi connectivity index (χ1n) is 6.19. The molecule has 16 heavy (non-hydrogen) atoms. The highest BCUT2D eigenvalue weighted by molar-refractivity contribution is 7.10. The van der Waals surface area contributed by atoms with E-state index in [1.807, 2.05) is 11.3 Å². The van der Waals surface area contributed by atoms with Gasteiger partial charge in [-0.05, 0) is 49.4 Å². The minimum absolute atomic E-state index is 0.308. The Labute approximate surface area is 104 Å². The van der Waals surface area contributed by atoms with Gasteiger partial charge in [0, 0.05) is 10.3 Å². The summed E-state index contributed by atoms with van der Waals surface area (Å²) in [7, 11) is 0. The van der Waals surface area contributed by atoms with Gasteiger partial charge in [-0.15, -0.1) is 11.3 Å². The fourth-order valence-corrected chi connectivity index (χ4v) is 3.05. The third-order valence-electron chi connectivity index (χ3n) is 2.96. The van der Waals surface area contributed by atoms with Gasteiger partial charge < -0.3 is 5.32 Å². The standard InChI is InChI=1S/C14H25NS/c1-11(2)10-15-8-7-14(4,5)13-12(3)6-9-16-13/h6,9,11,15H,7-8,10H2,1-5H3. The van der Waals surface area contributed by atoms with Gasteiger partial charge in [-0.2, -0.15) is 0 Å². The second kappa shape index (κ2) is 5.83. The van der Waals surface area contributed by atoms with Crippen molar-refractivity contribution in [1.29, 1.82) is 0 Å². The molecule has 1 rings (SSSR count). The highest BCUT2D eigenvalue weighted by Crippen LogP contribution is 2.33. The lowest BCUT2D eigenvalue weighted by molar-refractivity contribution is 0.447. The summed E-state index contributed by atoms with van der Waals surface area (Å²) < 4.78 is 0. The van der Waals surface area contributed by atoms with E-state index in [4.69, 9.17) is 0 Å². The van der Waals surface area contributed by atoms with E-state index in [2.05, 4.69) is 51.4 Å². The van der Waals surface area contributed by atoms with Gasteiger partial charge in [-0.3, -0.25) is 0 Å². The molecule has 2 heteroatoms. The van der Waals surface area contributed by atoms with E-state index >= 15 is 0 Å². The van der Waals surface area contributed by atoms with Crippen molar-refractivity contribution in [3.8, 4) is 0 Å². The van der Waals surface area contributed by atoms with Crippen molar-refractivity contribution in [2.75, 3.05) is 13.1 Å². The van der Waals surface area contributed by atoms with Crippen molar-refractivity contribution in [2.45, 2.75) is 46.5 Å². The summed E-state index contributed by atoms with van der Waals surface area (Å²) in [6, 6.07) is 2.23. The molecule has 92 valence electrons. The van der Waals surface area contributed by atoms with Crippen molar-refractivity contribution >= 4 is 11.3 Å². The lowest BCUT2D eigenvalue weighted by atomic mass is 9.86. The Bertz CT molecular complexity index is 312. The topological polar surface area (TPSA) is 12.0 Å². The van der Waals surface area contributed by atoms with Gasteiger partial charge in [0.25, 0.3) is 0 Å². The van der Waals surface area contributed by atoms with Crippen LogP contribution in [0.3, 0.4) is 0 Å². The zero-order chi connectivity index (χ0) is 12.2. The van der Waals surface area contributed by atoms with Gasteiger partial charge >= 0.3 is 0 Å². The Kier molecular flexibility index (Phi) is 5.00. The average Bonchev–Trinajstić information content (AvgIpc) is 2.59. The van der Waals surface area contributed by atoms with Crippen LogP contribution < -0.4 is 5.32 Å². The van der Waals surface area contributed by atoms with Crippen LogP contribution in [0.4, 0.5) is 0 Å². The largest absolute Gasteiger partial charge is 0.316 e. The van der Waals surface area contributed by atoms with Gasteiger partial charge in [-0.1, -0.05) is 27.7 Å². The third kappa shape index (κ3) is 3.91. The lowest BCUT2D eigenvalue weighted by Gasteiger charge is -2.25. The fraction of sp³-hybridized carbons (Fsp3) is 0.714. The normalized spacial score (nSPS) is 12.4. The Morgan fingerprint density at radius 1 is 1.38 bits per heavy atom. The van der Waals surface area contributed by atoms with E-state index in [1.165, 1.54) is 12.0 Å². The minimum Gasteiger partial charge on any atom is -0.316 e. The van der Waals surface area contributed by atoms with E-state index in [0.29, 0.717) is 5.41 Å². The van der Waals surface area contributed by atoms with Crippen LogP contribution in [0.1, 0.15) is 44.6 Å². The summed E-state index contributed by atoms with van der Waals surface area (Å²) in [4.78, 5) is 1.54. The molecule has 0 bridgehead atoms. The van der Waals surface area contributed by atoms with Crippen LogP contribution in [0.25, 0.3) is 0 Å². The SMILES string of the molecule is Cc1ccsc1C(C)(C)CCNCC(C)C. The number of thiophene rings is 1. The van der Waals surface area contributed by atoms with Gasteiger partial charge in [0.15, 0.2) is 0 Å². The second-order valence-corrected chi connectivity index (χ2v) is 6.58. The highest BCUT2D eigenvalue weighted by atomic mass is 32.1. The number of nitrogens with one attached hydrogen (secondary N) is 1.